The molecule has 21 heavy (non-hydrogen) atoms. The van der Waals surface area contributed by atoms with Crippen LogP contribution >= 0.6 is 11.3 Å². The standard InChI is InChI=1S/C16H17FN2OS/c1-9(11-3-4-11)18-15(20)14-10(2)19-16(21-14)12-5-7-13(17)8-6-12/h5-9,11H,3-4H2,1-2H3,(H,18,20). The van der Waals surface area contributed by atoms with Gasteiger partial charge in [-0.1, -0.05) is 0 Å². The molecule has 3 rings (SSSR count). The van der Waals surface area contributed by atoms with E-state index in [1.165, 1.54) is 36.3 Å². The molecule has 1 atom stereocenters. The zero-order valence-electron chi connectivity index (χ0n) is 12.0. The van der Waals surface area contributed by atoms with Gasteiger partial charge in [0.25, 0.3) is 5.91 Å². The Hall–Kier alpha value is -1.75. The molecule has 1 saturated carbocycles. The van der Waals surface area contributed by atoms with Crippen molar-refractivity contribution in [3.63, 3.8) is 0 Å². The van der Waals surface area contributed by atoms with Crippen molar-refractivity contribution in [2.75, 3.05) is 0 Å². The van der Waals surface area contributed by atoms with Gasteiger partial charge < -0.3 is 5.32 Å². The second kappa shape index (κ2) is 5.56. The van der Waals surface area contributed by atoms with Crippen LogP contribution in [0.25, 0.3) is 10.6 Å². The zero-order chi connectivity index (χ0) is 15.0. The Balaban J connectivity index is 1.80. The molecule has 1 amide bonds. The lowest BCUT2D eigenvalue weighted by atomic mass is 10.2. The van der Waals surface area contributed by atoms with E-state index in [1.54, 1.807) is 12.1 Å². The molecule has 2 aromatic rings. The third-order valence-corrected chi connectivity index (χ3v) is 4.99. The highest BCUT2D eigenvalue weighted by Gasteiger charge is 2.29. The van der Waals surface area contributed by atoms with E-state index in [9.17, 15) is 9.18 Å². The molecular weight excluding hydrogens is 287 g/mol. The molecule has 110 valence electrons. The van der Waals surface area contributed by atoms with E-state index in [-0.39, 0.29) is 17.8 Å². The lowest BCUT2D eigenvalue weighted by Crippen LogP contribution is -2.33. The second-order valence-electron chi connectivity index (χ2n) is 5.54. The van der Waals surface area contributed by atoms with E-state index in [1.807, 2.05) is 13.8 Å². The Morgan fingerprint density at radius 3 is 2.67 bits per heavy atom. The number of hydrogen-bond acceptors (Lipinski definition) is 3. The van der Waals surface area contributed by atoms with Gasteiger partial charge in [-0.25, -0.2) is 9.37 Å². The van der Waals surface area contributed by atoms with Crippen molar-refractivity contribution >= 4 is 17.2 Å². The van der Waals surface area contributed by atoms with Crippen molar-refractivity contribution in [2.24, 2.45) is 5.92 Å². The summed E-state index contributed by atoms with van der Waals surface area (Å²) in [6, 6.07) is 6.39. The second-order valence-corrected chi connectivity index (χ2v) is 6.54. The highest BCUT2D eigenvalue weighted by atomic mass is 32.1. The summed E-state index contributed by atoms with van der Waals surface area (Å²) in [7, 11) is 0. The molecule has 1 aromatic carbocycles. The first-order chi connectivity index (χ1) is 10.0. The van der Waals surface area contributed by atoms with Gasteiger partial charge in [0.05, 0.1) is 5.69 Å². The van der Waals surface area contributed by atoms with Gasteiger partial charge in [-0.15, -0.1) is 11.3 Å². The van der Waals surface area contributed by atoms with Crippen molar-refractivity contribution in [3.8, 4) is 10.6 Å². The lowest BCUT2D eigenvalue weighted by molar-refractivity contribution is 0.0939. The zero-order valence-corrected chi connectivity index (χ0v) is 12.8. The van der Waals surface area contributed by atoms with Crippen LogP contribution in [0, 0.1) is 18.7 Å². The molecule has 0 bridgehead atoms. The molecule has 3 nitrogen and oxygen atoms in total. The minimum Gasteiger partial charge on any atom is -0.349 e. The van der Waals surface area contributed by atoms with Gasteiger partial charge in [0.2, 0.25) is 0 Å². The molecule has 5 heteroatoms. The average molecular weight is 304 g/mol. The Morgan fingerprint density at radius 1 is 1.38 bits per heavy atom. The van der Waals surface area contributed by atoms with Crippen molar-refractivity contribution in [1.82, 2.24) is 10.3 Å². The van der Waals surface area contributed by atoms with E-state index in [0.29, 0.717) is 10.8 Å². The van der Waals surface area contributed by atoms with Gasteiger partial charge in [0.15, 0.2) is 0 Å². The molecule has 1 fully saturated rings. The number of rotatable bonds is 4. The molecule has 1 N–H and O–H groups in total. The van der Waals surface area contributed by atoms with Gasteiger partial charge in [0, 0.05) is 11.6 Å². The quantitative estimate of drug-likeness (QED) is 0.934. The number of benzene rings is 1. The molecule has 1 aliphatic rings. The maximum Gasteiger partial charge on any atom is 0.263 e. The van der Waals surface area contributed by atoms with Crippen molar-refractivity contribution in [3.05, 3.63) is 40.7 Å². The summed E-state index contributed by atoms with van der Waals surface area (Å²) in [4.78, 5) is 17.4. The molecule has 1 unspecified atom stereocenters. The predicted octanol–water partition coefficient (Wildman–Crippen LogP) is 3.79. The number of halogens is 1. The van der Waals surface area contributed by atoms with Crippen LogP contribution in [0.5, 0.6) is 0 Å². The third-order valence-electron chi connectivity index (χ3n) is 3.78. The fraction of sp³-hybridized carbons (Fsp3) is 0.375. The van der Waals surface area contributed by atoms with Crippen molar-refractivity contribution in [2.45, 2.75) is 32.7 Å². The number of hydrogen-bond donors (Lipinski definition) is 1. The summed E-state index contributed by atoms with van der Waals surface area (Å²) >= 11 is 1.36. The summed E-state index contributed by atoms with van der Waals surface area (Å²) in [5.74, 6) is 0.291. The summed E-state index contributed by atoms with van der Waals surface area (Å²) in [6.07, 6.45) is 2.40. The fourth-order valence-electron chi connectivity index (χ4n) is 2.31. The first-order valence-electron chi connectivity index (χ1n) is 7.09. The maximum atomic E-state index is 13.0. The van der Waals surface area contributed by atoms with Gasteiger partial charge >= 0.3 is 0 Å². The lowest BCUT2D eigenvalue weighted by Gasteiger charge is -2.11. The Labute approximate surface area is 127 Å². The number of aromatic nitrogens is 1. The van der Waals surface area contributed by atoms with Gasteiger partial charge in [-0.05, 0) is 56.9 Å². The van der Waals surface area contributed by atoms with Crippen LogP contribution in [0.3, 0.4) is 0 Å². The number of carbonyl (C=O) groups excluding carboxylic acids is 1. The largest absolute Gasteiger partial charge is 0.349 e. The number of nitrogens with zero attached hydrogens (tertiary/aromatic N) is 1. The van der Waals surface area contributed by atoms with Crippen LogP contribution < -0.4 is 5.32 Å². The smallest absolute Gasteiger partial charge is 0.263 e. The van der Waals surface area contributed by atoms with Crippen LogP contribution in [-0.2, 0) is 0 Å². The number of nitrogens with one attached hydrogen (secondary N) is 1. The molecular formula is C16H17FN2OS. The SMILES string of the molecule is Cc1nc(-c2ccc(F)cc2)sc1C(=O)NC(C)C1CC1. The minimum atomic E-state index is -0.275. The summed E-state index contributed by atoms with van der Waals surface area (Å²) in [5.41, 5.74) is 1.55. The number of carbonyl (C=O) groups is 1. The van der Waals surface area contributed by atoms with Crippen LogP contribution in [0.2, 0.25) is 0 Å². The number of amides is 1. The van der Waals surface area contributed by atoms with Gasteiger partial charge in [-0.2, -0.15) is 0 Å². The summed E-state index contributed by atoms with van der Waals surface area (Å²) in [5, 5.41) is 3.79. The van der Waals surface area contributed by atoms with Gasteiger partial charge in [-0.3, -0.25) is 4.79 Å². The number of thiazole rings is 1. The fourth-order valence-corrected chi connectivity index (χ4v) is 3.28. The molecule has 1 aliphatic carbocycles. The minimum absolute atomic E-state index is 0.0576. The van der Waals surface area contributed by atoms with E-state index in [0.717, 1.165) is 16.3 Å². The molecule has 0 spiro atoms. The monoisotopic (exact) mass is 304 g/mol. The Morgan fingerprint density at radius 2 is 2.05 bits per heavy atom. The topological polar surface area (TPSA) is 42.0 Å². The first kappa shape index (κ1) is 14.2. The summed E-state index contributed by atoms with van der Waals surface area (Å²) < 4.78 is 13.0. The average Bonchev–Trinajstić information content (AvgIpc) is 3.23. The van der Waals surface area contributed by atoms with E-state index in [2.05, 4.69) is 10.3 Å². The Bertz CT molecular complexity index is 661. The molecule has 0 aliphatic heterocycles. The molecule has 0 radical (unpaired) electrons. The highest BCUT2D eigenvalue weighted by Crippen LogP contribution is 2.33. The maximum absolute atomic E-state index is 13.0. The first-order valence-corrected chi connectivity index (χ1v) is 7.90. The molecule has 0 saturated heterocycles. The molecule has 1 heterocycles. The van der Waals surface area contributed by atoms with Crippen LogP contribution in [0.1, 0.15) is 35.1 Å². The summed E-state index contributed by atoms with van der Waals surface area (Å²) in [6.45, 7) is 3.88. The van der Waals surface area contributed by atoms with E-state index < -0.39 is 0 Å². The Kier molecular flexibility index (Phi) is 3.76. The van der Waals surface area contributed by atoms with Crippen molar-refractivity contribution in [1.29, 1.82) is 0 Å². The predicted molar refractivity (Wildman–Crippen MR) is 81.9 cm³/mol. The third kappa shape index (κ3) is 3.13. The number of aryl methyl sites for hydroxylation is 1. The highest BCUT2D eigenvalue weighted by molar-refractivity contribution is 7.17. The van der Waals surface area contributed by atoms with E-state index in [4.69, 9.17) is 0 Å². The van der Waals surface area contributed by atoms with Crippen LogP contribution in [0.4, 0.5) is 4.39 Å². The van der Waals surface area contributed by atoms with Crippen molar-refractivity contribution < 1.29 is 9.18 Å². The van der Waals surface area contributed by atoms with Gasteiger partial charge in [0.1, 0.15) is 15.7 Å². The van der Waals surface area contributed by atoms with E-state index >= 15 is 0 Å². The normalized spacial score (nSPS) is 15.8. The van der Waals surface area contributed by atoms with Crippen LogP contribution in [-0.4, -0.2) is 16.9 Å². The molecule has 1 aromatic heterocycles. The van der Waals surface area contributed by atoms with Crippen LogP contribution in [0.15, 0.2) is 24.3 Å².